The van der Waals surface area contributed by atoms with E-state index >= 15 is 0 Å². The Kier molecular flexibility index (Phi) is 9.88. The number of benzene rings is 3. The first-order valence-corrected chi connectivity index (χ1v) is 11.9. The van der Waals surface area contributed by atoms with E-state index in [1.54, 1.807) is 0 Å². The van der Waals surface area contributed by atoms with Crippen molar-refractivity contribution in [2.45, 2.75) is 45.4 Å². The average Bonchev–Trinajstić information content (AvgIpc) is 2.84. The maximum absolute atomic E-state index is 13.5. The van der Waals surface area contributed by atoms with Crippen LogP contribution in [0.3, 0.4) is 0 Å². The summed E-state index contributed by atoms with van der Waals surface area (Å²) in [6.45, 7) is 5.89. The quantitative estimate of drug-likeness (QED) is 0.389. The van der Waals surface area contributed by atoms with Gasteiger partial charge in [-0.15, -0.1) is 0 Å². The monoisotopic (exact) mass is 448 g/mol. The third-order valence-electron chi connectivity index (χ3n) is 5.76. The van der Waals surface area contributed by atoms with E-state index in [1.807, 2.05) is 55.1 Å². The molecule has 176 valence electrons. The first-order chi connectivity index (χ1) is 16.1. The van der Waals surface area contributed by atoms with E-state index in [-0.39, 0.29) is 5.91 Å². The van der Waals surface area contributed by atoms with Crippen molar-refractivity contribution in [3.05, 3.63) is 83.9 Å². The Bertz CT molecular complexity index is 981. The molecule has 5 nitrogen and oxygen atoms in total. The molecule has 1 unspecified atom stereocenters. The van der Waals surface area contributed by atoms with Gasteiger partial charge < -0.3 is 20.1 Å². The van der Waals surface area contributed by atoms with Crippen molar-refractivity contribution in [1.82, 2.24) is 4.90 Å². The highest BCUT2D eigenvalue weighted by atomic mass is 16.7. The van der Waals surface area contributed by atoms with Crippen molar-refractivity contribution in [3.63, 3.8) is 0 Å². The molecule has 5 heteroatoms. The fraction of sp³-hybridized carbons (Fsp3) is 0.393. The Morgan fingerprint density at radius 1 is 0.909 bits per heavy atom. The predicted molar refractivity (Wildman–Crippen MR) is 134 cm³/mol. The predicted octanol–water partition coefficient (Wildman–Crippen LogP) is 4.57. The number of carbonyl (C=O) groups excluding carboxylic acids is 1. The summed E-state index contributed by atoms with van der Waals surface area (Å²) in [4.78, 5) is 15.3. The number of ether oxygens (including phenoxy) is 2. The zero-order valence-corrected chi connectivity index (χ0v) is 19.8. The Morgan fingerprint density at radius 2 is 1.58 bits per heavy atom. The largest absolute Gasteiger partial charge is 0.351 e. The minimum absolute atomic E-state index is 0.0691. The van der Waals surface area contributed by atoms with Gasteiger partial charge >= 0.3 is 0 Å². The number of amides is 1. The average molecular weight is 449 g/mol. The van der Waals surface area contributed by atoms with Gasteiger partial charge in [0.05, 0.1) is 12.6 Å². The van der Waals surface area contributed by atoms with Gasteiger partial charge in [0.1, 0.15) is 0 Å². The molecule has 0 saturated heterocycles. The minimum Gasteiger partial charge on any atom is -0.351 e. The van der Waals surface area contributed by atoms with Crippen LogP contribution in [0.5, 0.6) is 0 Å². The molecule has 0 aliphatic rings. The number of hydrogen-bond donors (Lipinski definition) is 1. The zero-order chi connectivity index (χ0) is 23.5. The highest BCUT2D eigenvalue weighted by Crippen LogP contribution is 2.20. The maximum Gasteiger partial charge on any atom is 0.240 e. The fourth-order valence-corrected chi connectivity index (χ4v) is 4.14. The second-order valence-electron chi connectivity index (χ2n) is 8.16. The lowest BCUT2D eigenvalue weighted by atomic mass is 9.98. The van der Waals surface area contributed by atoms with Gasteiger partial charge in [0.15, 0.2) is 6.29 Å². The van der Waals surface area contributed by atoms with Gasteiger partial charge in [-0.1, -0.05) is 72.8 Å². The van der Waals surface area contributed by atoms with Gasteiger partial charge in [-0.05, 0) is 55.0 Å². The second kappa shape index (κ2) is 13.1. The maximum atomic E-state index is 13.5. The minimum atomic E-state index is -0.628. The van der Waals surface area contributed by atoms with Gasteiger partial charge in [0, 0.05) is 19.8 Å². The lowest BCUT2D eigenvalue weighted by Crippen LogP contribution is -2.48. The molecule has 0 aliphatic carbocycles. The van der Waals surface area contributed by atoms with Crippen molar-refractivity contribution in [1.29, 1.82) is 0 Å². The first kappa shape index (κ1) is 24.9. The molecule has 0 spiro atoms. The molecule has 0 heterocycles. The third-order valence-corrected chi connectivity index (χ3v) is 5.76. The van der Waals surface area contributed by atoms with Gasteiger partial charge in [0.2, 0.25) is 5.91 Å². The molecule has 3 aromatic carbocycles. The van der Waals surface area contributed by atoms with E-state index in [0.717, 1.165) is 29.2 Å². The Hall–Kier alpha value is -2.73. The van der Waals surface area contributed by atoms with Crippen molar-refractivity contribution < 1.29 is 14.3 Å². The van der Waals surface area contributed by atoms with Crippen molar-refractivity contribution >= 4 is 16.7 Å². The first-order valence-electron chi connectivity index (χ1n) is 11.9. The van der Waals surface area contributed by atoms with E-state index < -0.39 is 12.3 Å². The van der Waals surface area contributed by atoms with Crippen LogP contribution in [0.1, 0.15) is 31.4 Å². The number of hydrogen-bond acceptors (Lipinski definition) is 4. The number of aryl methyl sites for hydroxylation is 1. The third kappa shape index (κ3) is 7.39. The van der Waals surface area contributed by atoms with E-state index in [0.29, 0.717) is 32.7 Å². The summed E-state index contributed by atoms with van der Waals surface area (Å²) in [5.74, 6) is -0.0691. The van der Waals surface area contributed by atoms with E-state index in [2.05, 4.69) is 36.4 Å². The number of nitrogens with two attached hydrogens (primary N) is 1. The fourth-order valence-electron chi connectivity index (χ4n) is 4.14. The number of fused-ring (bicyclic) bond motifs is 1. The van der Waals surface area contributed by atoms with Crippen molar-refractivity contribution in [2.24, 2.45) is 5.73 Å². The summed E-state index contributed by atoms with van der Waals surface area (Å²) in [7, 11) is 0. The molecular weight excluding hydrogens is 412 g/mol. The van der Waals surface area contributed by atoms with Gasteiger partial charge in [-0.3, -0.25) is 4.79 Å². The summed E-state index contributed by atoms with van der Waals surface area (Å²) >= 11 is 0. The summed E-state index contributed by atoms with van der Waals surface area (Å²) in [6.07, 6.45) is 1.78. The molecule has 0 fully saturated rings. The molecule has 33 heavy (non-hydrogen) atoms. The Morgan fingerprint density at radius 3 is 2.30 bits per heavy atom. The molecule has 1 amide bonds. The van der Waals surface area contributed by atoms with Crippen LogP contribution >= 0.6 is 0 Å². The second-order valence-corrected chi connectivity index (χ2v) is 8.16. The molecule has 0 aliphatic heterocycles. The summed E-state index contributed by atoms with van der Waals surface area (Å²) < 4.78 is 11.5. The molecule has 0 bridgehead atoms. The van der Waals surface area contributed by atoms with Crippen LogP contribution in [0, 0.1) is 0 Å². The smallest absolute Gasteiger partial charge is 0.240 e. The molecule has 0 radical (unpaired) electrons. The van der Waals surface area contributed by atoms with Crippen LogP contribution in [-0.4, -0.2) is 49.4 Å². The lowest BCUT2D eigenvalue weighted by Gasteiger charge is -2.29. The van der Waals surface area contributed by atoms with Crippen molar-refractivity contribution in [3.8, 4) is 0 Å². The van der Waals surface area contributed by atoms with E-state index in [9.17, 15) is 4.79 Å². The van der Waals surface area contributed by atoms with Crippen LogP contribution in [0.2, 0.25) is 0 Å². The molecule has 3 rings (SSSR count). The number of nitrogens with zero attached hydrogens (tertiary/aromatic N) is 1. The van der Waals surface area contributed by atoms with Gasteiger partial charge in [-0.25, -0.2) is 0 Å². The van der Waals surface area contributed by atoms with Crippen LogP contribution in [0.4, 0.5) is 0 Å². The molecule has 3 aromatic rings. The van der Waals surface area contributed by atoms with Crippen LogP contribution in [-0.2, 0) is 27.1 Å². The highest BCUT2D eigenvalue weighted by molar-refractivity contribution is 5.87. The van der Waals surface area contributed by atoms with E-state index in [1.165, 1.54) is 5.56 Å². The van der Waals surface area contributed by atoms with Gasteiger partial charge in [-0.2, -0.15) is 0 Å². The molecule has 0 aromatic heterocycles. The molecule has 1 atom stereocenters. The SMILES string of the molecule is CCOC(CN(CCCc1ccccc1)C(=O)C(N)Cc1cccc2ccccc12)OCC. The lowest BCUT2D eigenvalue weighted by molar-refractivity contribution is -0.159. The summed E-state index contributed by atoms with van der Waals surface area (Å²) in [6, 6.07) is 24.0. The molecule has 2 N–H and O–H groups in total. The van der Waals surface area contributed by atoms with Gasteiger partial charge in [0.25, 0.3) is 0 Å². The zero-order valence-electron chi connectivity index (χ0n) is 19.8. The van der Waals surface area contributed by atoms with Crippen molar-refractivity contribution in [2.75, 3.05) is 26.3 Å². The number of carbonyl (C=O) groups is 1. The van der Waals surface area contributed by atoms with Crippen LogP contribution in [0.15, 0.2) is 72.8 Å². The molecule has 0 saturated carbocycles. The Labute approximate surface area is 197 Å². The number of rotatable bonds is 13. The summed E-state index contributed by atoms with van der Waals surface area (Å²) in [5.41, 5.74) is 8.82. The highest BCUT2D eigenvalue weighted by Gasteiger charge is 2.25. The van der Waals surface area contributed by atoms with Crippen LogP contribution < -0.4 is 5.73 Å². The summed E-state index contributed by atoms with van der Waals surface area (Å²) in [5, 5.41) is 2.29. The Balaban J connectivity index is 1.71. The standard InChI is InChI=1S/C28H36N2O3/c1-3-32-27(33-4-2)21-30(19-11-14-22-12-6-5-7-13-22)28(31)26(29)20-24-17-10-16-23-15-8-9-18-25(23)24/h5-10,12-13,15-18,26-27H,3-4,11,14,19-21,29H2,1-2H3. The normalized spacial score (nSPS) is 12.2. The van der Waals surface area contributed by atoms with E-state index in [4.69, 9.17) is 15.2 Å². The molecular formula is C28H36N2O3. The topological polar surface area (TPSA) is 64.8 Å². The van der Waals surface area contributed by atoms with Crippen LogP contribution in [0.25, 0.3) is 10.8 Å².